The first kappa shape index (κ1) is 7.93. The van der Waals surface area contributed by atoms with Gasteiger partial charge >= 0.3 is 0 Å². The minimum atomic E-state index is 0.612. The molecule has 1 saturated heterocycles. The second-order valence-corrected chi connectivity index (χ2v) is 5.00. The van der Waals surface area contributed by atoms with E-state index in [1.165, 1.54) is 50.2 Å². The zero-order valence-corrected chi connectivity index (χ0v) is 7.88. The third-order valence-electron chi connectivity index (χ3n) is 3.00. The molecule has 0 unspecified atom stereocenters. The van der Waals surface area contributed by atoms with Gasteiger partial charge in [-0.1, -0.05) is 0 Å². The lowest BCUT2D eigenvalue weighted by atomic mass is 9.74. The predicted octanol–water partition coefficient (Wildman–Crippen LogP) is 2.03. The fraction of sp³-hybridized carbons (Fsp3) is 1.00. The third-order valence-corrected chi connectivity index (χ3v) is 4.07. The van der Waals surface area contributed by atoms with Crippen molar-refractivity contribution in [1.82, 2.24) is 5.32 Å². The fourth-order valence-corrected chi connectivity index (χ4v) is 2.92. The average Bonchev–Trinajstić information content (AvgIpc) is 1.82. The van der Waals surface area contributed by atoms with Crippen LogP contribution in [0.3, 0.4) is 0 Å². The van der Waals surface area contributed by atoms with Crippen LogP contribution in [-0.4, -0.2) is 23.6 Å². The maximum absolute atomic E-state index is 3.71. The summed E-state index contributed by atoms with van der Waals surface area (Å²) in [4.78, 5) is 0. The maximum atomic E-state index is 3.71. The molecule has 0 aromatic carbocycles. The van der Waals surface area contributed by atoms with Crippen LogP contribution in [0.4, 0.5) is 0 Å². The van der Waals surface area contributed by atoms with E-state index in [0.29, 0.717) is 5.54 Å². The van der Waals surface area contributed by atoms with Crippen molar-refractivity contribution in [2.45, 2.75) is 37.6 Å². The maximum Gasteiger partial charge on any atom is 0.0182 e. The smallest absolute Gasteiger partial charge is 0.0182 e. The summed E-state index contributed by atoms with van der Waals surface area (Å²) in [5.41, 5.74) is 0.612. The van der Waals surface area contributed by atoms with Crippen LogP contribution in [0.15, 0.2) is 0 Å². The number of rotatable bonds is 0. The van der Waals surface area contributed by atoms with Gasteiger partial charge in [0.1, 0.15) is 0 Å². The van der Waals surface area contributed by atoms with Gasteiger partial charge in [0.15, 0.2) is 0 Å². The largest absolute Gasteiger partial charge is 0.310 e. The minimum Gasteiger partial charge on any atom is -0.310 e. The van der Waals surface area contributed by atoms with Crippen molar-refractivity contribution in [2.75, 3.05) is 18.1 Å². The van der Waals surface area contributed by atoms with E-state index in [1.54, 1.807) is 0 Å². The Labute approximate surface area is 73.3 Å². The number of thioether (sulfide) groups is 1. The Balaban J connectivity index is 1.86. The van der Waals surface area contributed by atoms with Gasteiger partial charge in [0, 0.05) is 17.8 Å². The molecule has 1 heterocycles. The Bertz CT molecular complexity index is 122. The fourth-order valence-electron chi connectivity index (χ4n) is 2.12. The first-order valence-electron chi connectivity index (χ1n) is 4.74. The number of hydrogen-bond acceptors (Lipinski definition) is 2. The Hall–Kier alpha value is 0.310. The molecule has 1 N–H and O–H groups in total. The van der Waals surface area contributed by atoms with E-state index in [0.717, 1.165) is 0 Å². The summed E-state index contributed by atoms with van der Waals surface area (Å²) >= 11 is 2.10. The molecule has 2 fully saturated rings. The van der Waals surface area contributed by atoms with Gasteiger partial charge in [0.25, 0.3) is 0 Å². The lowest BCUT2D eigenvalue weighted by molar-refractivity contribution is 0.172. The summed E-state index contributed by atoms with van der Waals surface area (Å²) in [6.07, 6.45) is 7.20. The summed E-state index contributed by atoms with van der Waals surface area (Å²) < 4.78 is 0. The molecule has 64 valence electrons. The van der Waals surface area contributed by atoms with Crippen molar-refractivity contribution in [1.29, 1.82) is 0 Å². The van der Waals surface area contributed by atoms with Crippen LogP contribution in [0.2, 0.25) is 0 Å². The highest BCUT2D eigenvalue weighted by molar-refractivity contribution is 7.99. The van der Waals surface area contributed by atoms with E-state index in [9.17, 15) is 0 Å². The highest BCUT2D eigenvalue weighted by Gasteiger charge is 2.35. The molecule has 1 aliphatic heterocycles. The zero-order valence-electron chi connectivity index (χ0n) is 7.07. The summed E-state index contributed by atoms with van der Waals surface area (Å²) in [5, 5.41) is 3.71. The molecule has 1 saturated carbocycles. The van der Waals surface area contributed by atoms with Gasteiger partial charge in [0.2, 0.25) is 0 Å². The van der Waals surface area contributed by atoms with Gasteiger partial charge in [-0.2, -0.15) is 11.8 Å². The monoisotopic (exact) mass is 171 g/mol. The molecule has 0 amide bonds. The van der Waals surface area contributed by atoms with Crippen molar-refractivity contribution in [3.05, 3.63) is 0 Å². The van der Waals surface area contributed by atoms with Gasteiger partial charge in [-0.05, 0) is 37.9 Å². The van der Waals surface area contributed by atoms with Gasteiger partial charge in [0.05, 0.1) is 0 Å². The number of hydrogen-bond donors (Lipinski definition) is 1. The standard InChI is InChI=1S/C9H17NS/c1-3-9(4-1)5-2-7-11-8-6-10-9/h10H,1-8H2. The molecule has 0 atom stereocenters. The minimum absolute atomic E-state index is 0.612. The van der Waals surface area contributed by atoms with Crippen molar-refractivity contribution in [3.63, 3.8) is 0 Å². The number of nitrogens with one attached hydrogen (secondary N) is 1. The van der Waals surface area contributed by atoms with Gasteiger partial charge in [-0.25, -0.2) is 0 Å². The molecule has 1 aliphatic carbocycles. The Morgan fingerprint density at radius 3 is 2.55 bits per heavy atom. The Kier molecular flexibility index (Phi) is 2.42. The highest BCUT2D eigenvalue weighted by Crippen LogP contribution is 2.36. The topological polar surface area (TPSA) is 12.0 Å². The van der Waals surface area contributed by atoms with Crippen LogP contribution in [0, 0.1) is 0 Å². The molecule has 11 heavy (non-hydrogen) atoms. The molecule has 0 aromatic rings. The highest BCUT2D eigenvalue weighted by atomic mass is 32.2. The van der Waals surface area contributed by atoms with Crippen LogP contribution in [-0.2, 0) is 0 Å². The molecule has 2 rings (SSSR count). The molecule has 1 spiro atoms. The van der Waals surface area contributed by atoms with Crippen molar-refractivity contribution >= 4 is 11.8 Å². The van der Waals surface area contributed by atoms with Crippen molar-refractivity contribution in [2.24, 2.45) is 0 Å². The lowest BCUT2D eigenvalue weighted by Gasteiger charge is -2.44. The SMILES string of the molecule is C1CSCCNC2(C1)CCC2. The van der Waals surface area contributed by atoms with Crippen molar-refractivity contribution in [3.8, 4) is 0 Å². The summed E-state index contributed by atoms with van der Waals surface area (Å²) in [6, 6.07) is 0. The zero-order chi connectivity index (χ0) is 7.57. The van der Waals surface area contributed by atoms with E-state index in [-0.39, 0.29) is 0 Å². The molecule has 0 radical (unpaired) electrons. The summed E-state index contributed by atoms with van der Waals surface area (Å²) in [7, 11) is 0. The quantitative estimate of drug-likeness (QED) is 0.598. The Morgan fingerprint density at radius 1 is 1.00 bits per heavy atom. The molecule has 2 aliphatic rings. The van der Waals surface area contributed by atoms with Gasteiger partial charge < -0.3 is 5.32 Å². The lowest BCUT2D eigenvalue weighted by Crippen LogP contribution is -2.52. The van der Waals surface area contributed by atoms with Gasteiger partial charge in [-0.15, -0.1) is 0 Å². The van der Waals surface area contributed by atoms with E-state index in [1.807, 2.05) is 0 Å². The summed E-state index contributed by atoms with van der Waals surface area (Å²) in [6.45, 7) is 1.24. The molecule has 1 nitrogen and oxygen atoms in total. The third kappa shape index (κ3) is 1.73. The van der Waals surface area contributed by atoms with Crippen molar-refractivity contribution < 1.29 is 0 Å². The molecule has 0 aromatic heterocycles. The van der Waals surface area contributed by atoms with E-state index >= 15 is 0 Å². The second-order valence-electron chi connectivity index (χ2n) is 3.78. The predicted molar refractivity (Wildman–Crippen MR) is 51.1 cm³/mol. The summed E-state index contributed by atoms with van der Waals surface area (Å²) in [5.74, 6) is 2.71. The van der Waals surface area contributed by atoms with Gasteiger partial charge in [-0.3, -0.25) is 0 Å². The molecule has 2 heteroatoms. The molecular weight excluding hydrogens is 154 g/mol. The van der Waals surface area contributed by atoms with E-state index in [2.05, 4.69) is 17.1 Å². The van der Waals surface area contributed by atoms with Crippen LogP contribution < -0.4 is 5.32 Å². The van der Waals surface area contributed by atoms with Crippen LogP contribution >= 0.6 is 11.8 Å². The van der Waals surface area contributed by atoms with Crippen LogP contribution in [0.1, 0.15) is 32.1 Å². The van der Waals surface area contributed by atoms with Crippen LogP contribution in [0.25, 0.3) is 0 Å². The molecular formula is C9H17NS. The normalized spacial score (nSPS) is 30.5. The Morgan fingerprint density at radius 2 is 1.82 bits per heavy atom. The van der Waals surface area contributed by atoms with E-state index in [4.69, 9.17) is 0 Å². The first-order chi connectivity index (χ1) is 5.41. The van der Waals surface area contributed by atoms with E-state index < -0.39 is 0 Å². The second kappa shape index (κ2) is 3.36. The van der Waals surface area contributed by atoms with Crippen LogP contribution in [0.5, 0.6) is 0 Å². The average molecular weight is 171 g/mol. The molecule has 0 bridgehead atoms. The first-order valence-corrected chi connectivity index (χ1v) is 5.90.